The summed E-state index contributed by atoms with van der Waals surface area (Å²) in [5, 5.41) is 9.20. The molecule has 0 amide bonds. The van der Waals surface area contributed by atoms with Gasteiger partial charge in [0.1, 0.15) is 12.4 Å². The fourth-order valence-corrected chi connectivity index (χ4v) is 1.68. The maximum atomic E-state index is 13.6. The molecule has 3 nitrogen and oxygen atoms in total. The first kappa shape index (κ1) is 14.0. The van der Waals surface area contributed by atoms with Gasteiger partial charge < -0.3 is 4.74 Å². The van der Waals surface area contributed by atoms with Gasteiger partial charge in [-0.05, 0) is 35.9 Å². The van der Waals surface area contributed by atoms with Gasteiger partial charge in [-0.3, -0.25) is 0 Å². The highest BCUT2D eigenvalue weighted by molar-refractivity contribution is 6.30. The average molecular weight is 290 g/mol. The van der Waals surface area contributed by atoms with Crippen molar-refractivity contribution in [2.45, 2.75) is 6.61 Å². The molecule has 0 bridgehead atoms. The molecule has 0 aliphatic carbocycles. The third-order valence-corrected chi connectivity index (χ3v) is 2.85. The Labute approximate surface area is 120 Å². The molecular formula is C15H9ClFNO2. The van der Waals surface area contributed by atoms with Crippen molar-refractivity contribution in [3.05, 3.63) is 70.0 Å². The predicted octanol–water partition coefficient (Wildman–Crippen LogP) is 3.71. The van der Waals surface area contributed by atoms with Crippen molar-refractivity contribution in [2.75, 3.05) is 0 Å². The zero-order valence-corrected chi connectivity index (χ0v) is 11.0. The number of carbonyl (C=O) groups excluding carboxylic acids is 1. The van der Waals surface area contributed by atoms with Gasteiger partial charge in [-0.15, -0.1) is 0 Å². The largest absolute Gasteiger partial charge is 0.457 e. The molecule has 2 aromatic rings. The van der Waals surface area contributed by atoms with Crippen LogP contribution in [0.2, 0.25) is 5.02 Å². The van der Waals surface area contributed by atoms with Gasteiger partial charge in [0.25, 0.3) is 0 Å². The number of hydrogen-bond acceptors (Lipinski definition) is 3. The maximum Gasteiger partial charge on any atom is 0.341 e. The zero-order valence-electron chi connectivity index (χ0n) is 10.3. The molecule has 0 saturated heterocycles. The lowest BCUT2D eigenvalue weighted by Gasteiger charge is -2.06. The molecule has 2 rings (SSSR count). The van der Waals surface area contributed by atoms with Gasteiger partial charge in [0.15, 0.2) is 0 Å². The van der Waals surface area contributed by atoms with E-state index in [0.29, 0.717) is 5.02 Å². The quantitative estimate of drug-likeness (QED) is 0.809. The number of carbonyl (C=O) groups is 1. The Hall–Kier alpha value is -2.38. The van der Waals surface area contributed by atoms with Gasteiger partial charge in [-0.25, -0.2) is 9.18 Å². The molecule has 0 heterocycles. The second-order valence-corrected chi connectivity index (χ2v) is 4.45. The summed E-state index contributed by atoms with van der Waals surface area (Å²) in [6, 6.07) is 12.2. The molecule has 0 fully saturated rings. The Morgan fingerprint density at radius 2 is 1.95 bits per heavy atom. The van der Waals surface area contributed by atoms with E-state index in [9.17, 15) is 9.18 Å². The average Bonchev–Trinajstić information content (AvgIpc) is 2.46. The van der Waals surface area contributed by atoms with Gasteiger partial charge in [0.05, 0.1) is 17.2 Å². The maximum absolute atomic E-state index is 13.6. The SMILES string of the molecule is N#Cc1ccc(C(=O)OCc2ccc(Cl)cc2)c(F)c1. The third-order valence-electron chi connectivity index (χ3n) is 2.60. The number of rotatable bonds is 3. The van der Waals surface area contributed by atoms with Gasteiger partial charge >= 0.3 is 5.97 Å². The standard InChI is InChI=1S/C15H9ClFNO2/c16-12-4-1-10(2-5-12)9-20-15(19)13-6-3-11(8-18)7-14(13)17/h1-7H,9H2. The lowest BCUT2D eigenvalue weighted by Crippen LogP contribution is -2.07. The van der Waals surface area contributed by atoms with Crippen LogP contribution in [-0.2, 0) is 11.3 Å². The van der Waals surface area contributed by atoms with E-state index >= 15 is 0 Å². The minimum Gasteiger partial charge on any atom is -0.457 e. The first-order valence-corrected chi connectivity index (χ1v) is 6.09. The van der Waals surface area contributed by atoms with Crippen molar-refractivity contribution in [1.29, 1.82) is 5.26 Å². The van der Waals surface area contributed by atoms with E-state index in [2.05, 4.69) is 0 Å². The normalized spacial score (nSPS) is 9.85. The summed E-state index contributed by atoms with van der Waals surface area (Å²) < 4.78 is 18.6. The first-order valence-electron chi connectivity index (χ1n) is 5.71. The van der Waals surface area contributed by atoms with Crippen molar-refractivity contribution in [2.24, 2.45) is 0 Å². The molecular weight excluding hydrogens is 281 g/mol. The van der Waals surface area contributed by atoms with Crippen LogP contribution >= 0.6 is 11.6 Å². The van der Waals surface area contributed by atoms with E-state index in [-0.39, 0.29) is 17.7 Å². The molecule has 0 unspecified atom stereocenters. The number of benzene rings is 2. The lowest BCUT2D eigenvalue weighted by atomic mass is 10.1. The van der Waals surface area contributed by atoms with Crippen LogP contribution < -0.4 is 0 Å². The van der Waals surface area contributed by atoms with Crippen molar-refractivity contribution in [3.8, 4) is 6.07 Å². The summed E-state index contributed by atoms with van der Waals surface area (Å²) in [5.74, 6) is -1.55. The zero-order chi connectivity index (χ0) is 14.5. The topological polar surface area (TPSA) is 50.1 Å². The molecule has 0 spiro atoms. The first-order chi connectivity index (χ1) is 9.60. The number of nitriles is 1. The second-order valence-electron chi connectivity index (χ2n) is 4.01. The summed E-state index contributed by atoms with van der Waals surface area (Å²) in [6.45, 7) is 0.0233. The number of ether oxygens (including phenoxy) is 1. The summed E-state index contributed by atoms with van der Waals surface area (Å²) in [5.41, 5.74) is 0.700. The summed E-state index contributed by atoms with van der Waals surface area (Å²) >= 11 is 5.74. The van der Waals surface area contributed by atoms with Gasteiger partial charge in [-0.1, -0.05) is 23.7 Å². The highest BCUT2D eigenvalue weighted by Crippen LogP contribution is 2.14. The molecule has 0 aliphatic rings. The highest BCUT2D eigenvalue weighted by atomic mass is 35.5. The molecule has 100 valence electrons. The monoisotopic (exact) mass is 289 g/mol. The summed E-state index contributed by atoms with van der Waals surface area (Å²) in [6.07, 6.45) is 0. The van der Waals surface area contributed by atoms with Gasteiger partial charge in [-0.2, -0.15) is 5.26 Å². The van der Waals surface area contributed by atoms with E-state index in [1.54, 1.807) is 30.3 Å². The molecule has 2 aromatic carbocycles. The van der Waals surface area contributed by atoms with Crippen LogP contribution in [0.4, 0.5) is 4.39 Å². The van der Waals surface area contributed by atoms with E-state index < -0.39 is 11.8 Å². The number of halogens is 2. The fourth-order valence-electron chi connectivity index (χ4n) is 1.56. The van der Waals surface area contributed by atoms with Crippen LogP contribution in [0.25, 0.3) is 0 Å². The predicted molar refractivity (Wildman–Crippen MR) is 71.7 cm³/mol. The van der Waals surface area contributed by atoms with Crippen molar-refractivity contribution in [1.82, 2.24) is 0 Å². The Morgan fingerprint density at radius 1 is 1.25 bits per heavy atom. The minimum atomic E-state index is -0.776. The van der Waals surface area contributed by atoms with Crippen LogP contribution in [0.1, 0.15) is 21.5 Å². The van der Waals surface area contributed by atoms with E-state index in [1.165, 1.54) is 12.1 Å². The Kier molecular flexibility index (Phi) is 4.34. The molecule has 0 aliphatic heterocycles. The number of nitrogens with zero attached hydrogens (tertiary/aromatic N) is 1. The lowest BCUT2D eigenvalue weighted by molar-refractivity contribution is 0.0467. The van der Waals surface area contributed by atoms with Crippen molar-refractivity contribution in [3.63, 3.8) is 0 Å². The molecule has 0 N–H and O–H groups in total. The summed E-state index contributed by atoms with van der Waals surface area (Å²) in [4.78, 5) is 11.7. The van der Waals surface area contributed by atoms with Crippen LogP contribution in [0.15, 0.2) is 42.5 Å². The van der Waals surface area contributed by atoms with Crippen LogP contribution in [-0.4, -0.2) is 5.97 Å². The van der Waals surface area contributed by atoms with Crippen molar-refractivity contribution < 1.29 is 13.9 Å². The van der Waals surface area contributed by atoms with E-state index in [4.69, 9.17) is 21.6 Å². The van der Waals surface area contributed by atoms with Crippen LogP contribution in [0, 0.1) is 17.1 Å². The minimum absolute atomic E-state index is 0.0233. The molecule has 20 heavy (non-hydrogen) atoms. The van der Waals surface area contributed by atoms with Gasteiger partial charge in [0, 0.05) is 5.02 Å². The van der Waals surface area contributed by atoms with Crippen LogP contribution in [0.5, 0.6) is 0 Å². The summed E-state index contributed by atoms with van der Waals surface area (Å²) in [7, 11) is 0. The molecule has 5 heteroatoms. The third kappa shape index (κ3) is 3.34. The second kappa shape index (κ2) is 6.18. The molecule has 0 radical (unpaired) electrons. The molecule has 0 saturated carbocycles. The smallest absolute Gasteiger partial charge is 0.341 e. The Morgan fingerprint density at radius 3 is 2.55 bits per heavy atom. The van der Waals surface area contributed by atoms with Gasteiger partial charge in [0.2, 0.25) is 0 Å². The van der Waals surface area contributed by atoms with E-state index in [0.717, 1.165) is 11.6 Å². The number of hydrogen-bond donors (Lipinski definition) is 0. The fraction of sp³-hybridized carbons (Fsp3) is 0.0667. The number of esters is 1. The molecule has 0 atom stereocenters. The Bertz CT molecular complexity index is 677. The van der Waals surface area contributed by atoms with E-state index in [1.807, 2.05) is 0 Å². The molecule has 0 aromatic heterocycles. The van der Waals surface area contributed by atoms with Crippen molar-refractivity contribution >= 4 is 17.6 Å². The van der Waals surface area contributed by atoms with Crippen LogP contribution in [0.3, 0.4) is 0 Å². The Balaban J connectivity index is 2.05. The highest BCUT2D eigenvalue weighted by Gasteiger charge is 2.13.